The van der Waals surface area contributed by atoms with Crippen molar-refractivity contribution in [2.75, 3.05) is 44.2 Å². The predicted octanol–water partition coefficient (Wildman–Crippen LogP) is 0.0663. The summed E-state index contributed by atoms with van der Waals surface area (Å²) in [6, 6.07) is 0.181. The topological polar surface area (TPSA) is 87.4 Å². The Balaban J connectivity index is 1.87. The first-order valence-corrected chi connectivity index (χ1v) is 8.42. The molecule has 0 aliphatic carbocycles. The molecule has 3 heterocycles. The van der Waals surface area contributed by atoms with Gasteiger partial charge in [-0.25, -0.2) is 9.97 Å². The van der Waals surface area contributed by atoms with Crippen molar-refractivity contribution in [3.8, 4) is 0 Å². The summed E-state index contributed by atoms with van der Waals surface area (Å²) in [6.07, 6.45) is 1.92. The highest BCUT2D eigenvalue weighted by atomic mass is 16.2. The highest BCUT2D eigenvalue weighted by molar-refractivity contribution is 5.91. The predicted molar refractivity (Wildman–Crippen MR) is 89.7 cm³/mol. The summed E-state index contributed by atoms with van der Waals surface area (Å²) in [4.78, 5) is 25.9. The summed E-state index contributed by atoms with van der Waals surface area (Å²) in [5.41, 5.74) is 7.92. The Morgan fingerprint density at radius 2 is 2.04 bits per heavy atom. The zero-order valence-electron chi connectivity index (χ0n) is 14.0. The van der Waals surface area contributed by atoms with Gasteiger partial charge < -0.3 is 20.9 Å². The average molecular weight is 318 g/mol. The number of nitrogens with zero attached hydrogens (tertiary/aromatic N) is 4. The van der Waals surface area contributed by atoms with Crippen molar-refractivity contribution in [1.29, 1.82) is 0 Å². The molecule has 2 saturated heterocycles. The maximum absolute atomic E-state index is 12.8. The third kappa shape index (κ3) is 3.45. The summed E-state index contributed by atoms with van der Waals surface area (Å²) >= 11 is 0. The number of nitrogens with two attached hydrogens (primary N) is 1. The van der Waals surface area contributed by atoms with E-state index >= 15 is 0 Å². The second-order valence-electron chi connectivity index (χ2n) is 6.47. The fraction of sp³-hybridized carbons (Fsp3) is 0.688. The number of carbonyl (C=O) groups excluding carboxylic acids is 1. The number of rotatable bonds is 2. The quantitative estimate of drug-likeness (QED) is 0.802. The minimum atomic E-state index is -0.0680. The zero-order valence-corrected chi connectivity index (χ0v) is 14.0. The Hall–Kier alpha value is -1.73. The first-order chi connectivity index (χ1) is 11.1. The molecular weight excluding hydrogens is 292 g/mol. The van der Waals surface area contributed by atoms with Crippen LogP contribution in [0.2, 0.25) is 0 Å². The fourth-order valence-corrected chi connectivity index (χ4v) is 3.19. The molecule has 1 amide bonds. The molecule has 3 rings (SSSR count). The van der Waals surface area contributed by atoms with E-state index in [0.717, 1.165) is 62.6 Å². The lowest BCUT2D eigenvalue weighted by Crippen LogP contribution is -2.36. The van der Waals surface area contributed by atoms with E-state index in [1.807, 2.05) is 18.7 Å². The van der Waals surface area contributed by atoms with Crippen LogP contribution in [-0.2, 0) is 0 Å². The average Bonchev–Trinajstić information content (AvgIpc) is 2.80. The van der Waals surface area contributed by atoms with Crippen LogP contribution in [0.4, 0.5) is 5.82 Å². The van der Waals surface area contributed by atoms with E-state index in [-0.39, 0.29) is 11.9 Å². The van der Waals surface area contributed by atoms with Crippen LogP contribution in [0.5, 0.6) is 0 Å². The third-order valence-electron chi connectivity index (χ3n) is 4.71. The van der Waals surface area contributed by atoms with E-state index in [1.165, 1.54) is 0 Å². The van der Waals surface area contributed by atoms with Gasteiger partial charge in [-0.05, 0) is 33.2 Å². The molecule has 1 atom stereocenters. The fourth-order valence-electron chi connectivity index (χ4n) is 3.19. The summed E-state index contributed by atoms with van der Waals surface area (Å²) in [5.74, 6) is 1.11. The first kappa shape index (κ1) is 16.1. The van der Waals surface area contributed by atoms with Gasteiger partial charge in [-0.1, -0.05) is 0 Å². The van der Waals surface area contributed by atoms with Crippen LogP contribution in [0, 0.1) is 13.8 Å². The Labute approximate surface area is 137 Å². The molecule has 0 aromatic carbocycles. The smallest absolute Gasteiger partial charge is 0.291 e. The number of anilines is 1. The van der Waals surface area contributed by atoms with E-state index in [9.17, 15) is 4.79 Å². The van der Waals surface area contributed by atoms with Gasteiger partial charge in [0, 0.05) is 50.0 Å². The number of hydrogen-bond donors (Lipinski definition) is 2. The second-order valence-corrected chi connectivity index (χ2v) is 6.47. The normalized spacial score (nSPS) is 22.3. The van der Waals surface area contributed by atoms with E-state index in [4.69, 9.17) is 5.73 Å². The number of aryl methyl sites for hydroxylation is 1. The van der Waals surface area contributed by atoms with Gasteiger partial charge in [0.25, 0.3) is 5.91 Å². The molecule has 0 unspecified atom stereocenters. The Morgan fingerprint density at radius 3 is 2.78 bits per heavy atom. The number of carbonyl (C=O) groups is 1. The number of aromatic nitrogens is 2. The number of hydrogen-bond acceptors (Lipinski definition) is 6. The lowest BCUT2D eigenvalue weighted by atomic mass is 10.2. The SMILES string of the molecule is Cc1nc(C(=O)N2CCCNCC2)nc(N2CC[C@@H](N)C2)c1C. The lowest BCUT2D eigenvalue weighted by Gasteiger charge is -2.23. The van der Waals surface area contributed by atoms with Crippen molar-refractivity contribution in [3.63, 3.8) is 0 Å². The zero-order chi connectivity index (χ0) is 16.4. The second kappa shape index (κ2) is 6.80. The van der Waals surface area contributed by atoms with E-state index in [0.29, 0.717) is 12.4 Å². The summed E-state index contributed by atoms with van der Waals surface area (Å²) in [5, 5.41) is 3.31. The van der Waals surface area contributed by atoms with E-state index in [2.05, 4.69) is 20.2 Å². The Morgan fingerprint density at radius 1 is 1.22 bits per heavy atom. The van der Waals surface area contributed by atoms with Crippen molar-refractivity contribution >= 4 is 11.7 Å². The molecule has 126 valence electrons. The van der Waals surface area contributed by atoms with Crippen molar-refractivity contribution in [1.82, 2.24) is 20.2 Å². The van der Waals surface area contributed by atoms with E-state index in [1.54, 1.807) is 0 Å². The van der Waals surface area contributed by atoms with Gasteiger partial charge in [-0.2, -0.15) is 0 Å². The maximum Gasteiger partial charge on any atom is 0.291 e. The van der Waals surface area contributed by atoms with Crippen molar-refractivity contribution in [3.05, 3.63) is 17.1 Å². The van der Waals surface area contributed by atoms with Crippen LogP contribution in [0.15, 0.2) is 0 Å². The molecule has 1 aromatic heterocycles. The van der Waals surface area contributed by atoms with Gasteiger partial charge in [-0.3, -0.25) is 4.79 Å². The first-order valence-electron chi connectivity index (χ1n) is 8.42. The molecule has 23 heavy (non-hydrogen) atoms. The molecule has 1 aromatic rings. The van der Waals surface area contributed by atoms with Gasteiger partial charge in [0.15, 0.2) is 0 Å². The molecule has 0 saturated carbocycles. The molecule has 7 nitrogen and oxygen atoms in total. The molecule has 2 aliphatic heterocycles. The van der Waals surface area contributed by atoms with Gasteiger partial charge in [-0.15, -0.1) is 0 Å². The molecule has 0 spiro atoms. The minimum absolute atomic E-state index is 0.0680. The van der Waals surface area contributed by atoms with Crippen LogP contribution in [-0.4, -0.2) is 66.1 Å². The Bertz CT molecular complexity index is 582. The number of amides is 1. The molecule has 2 fully saturated rings. The van der Waals surface area contributed by atoms with Crippen molar-refractivity contribution < 1.29 is 4.79 Å². The molecule has 3 N–H and O–H groups in total. The molecule has 7 heteroatoms. The van der Waals surface area contributed by atoms with Gasteiger partial charge in [0.05, 0.1) is 0 Å². The standard InChI is InChI=1S/C16H26N6O/c1-11-12(2)19-14(16(23)21-7-3-5-18-6-9-21)20-15(11)22-8-4-13(17)10-22/h13,18H,3-10,17H2,1-2H3/t13-/m1/s1. The summed E-state index contributed by atoms with van der Waals surface area (Å²) in [7, 11) is 0. The lowest BCUT2D eigenvalue weighted by molar-refractivity contribution is 0.0754. The van der Waals surface area contributed by atoms with Gasteiger partial charge in [0.1, 0.15) is 5.82 Å². The monoisotopic (exact) mass is 318 g/mol. The highest BCUT2D eigenvalue weighted by Crippen LogP contribution is 2.23. The molecular formula is C16H26N6O. The van der Waals surface area contributed by atoms with Crippen molar-refractivity contribution in [2.24, 2.45) is 5.73 Å². The largest absolute Gasteiger partial charge is 0.355 e. The summed E-state index contributed by atoms with van der Waals surface area (Å²) in [6.45, 7) is 8.87. The highest BCUT2D eigenvalue weighted by Gasteiger charge is 2.26. The van der Waals surface area contributed by atoms with E-state index < -0.39 is 0 Å². The van der Waals surface area contributed by atoms with Gasteiger partial charge in [0.2, 0.25) is 5.82 Å². The molecule has 0 bridgehead atoms. The van der Waals surface area contributed by atoms with Crippen LogP contribution in [0.25, 0.3) is 0 Å². The van der Waals surface area contributed by atoms with Gasteiger partial charge >= 0.3 is 0 Å². The number of nitrogens with one attached hydrogen (secondary N) is 1. The summed E-state index contributed by atoms with van der Waals surface area (Å²) < 4.78 is 0. The maximum atomic E-state index is 12.8. The van der Waals surface area contributed by atoms with Crippen LogP contribution < -0.4 is 16.0 Å². The van der Waals surface area contributed by atoms with Crippen LogP contribution >= 0.6 is 0 Å². The van der Waals surface area contributed by atoms with Crippen LogP contribution in [0.3, 0.4) is 0 Å². The molecule has 0 radical (unpaired) electrons. The van der Waals surface area contributed by atoms with Crippen molar-refractivity contribution in [2.45, 2.75) is 32.7 Å². The third-order valence-corrected chi connectivity index (χ3v) is 4.71. The minimum Gasteiger partial charge on any atom is -0.355 e. The van der Waals surface area contributed by atoms with Crippen LogP contribution in [0.1, 0.15) is 34.7 Å². The Kier molecular flexibility index (Phi) is 4.77. The molecule has 2 aliphatic rings.